The van der Waals surface area contributed by atoms with Crippen LogP contribution in [0.1, 0.15) is 18.9 Å². The van der Waals surface area contributed by atoms with Crippen LogP contribution >= 0.6 is 23.2 Å². The van der Waals surface area contributed by atoms with Crippen LogP contribution in [0.3, 0.4) is 0 Å². The van der Waals surface area contributed by atoms with Crippen LogP contribution in [0.25, 0.3) is 6.08 Å². The normalized spacial score (nSPS) is 21.1. The third kappa shape index (κ3) is 3.99. The van der Waals surface area contributed by atoms with Crippen LogP contribution in [0.2, 0.25) is 10.0 Å². The molecule has 1 saturated heterocycles. The van der Waals surface area contributed by atoms with Crippen molar-refractivity contribution in [2.24, 2.45) is 0 Å². The molecule has 0 bridgehead atoms. The van der Waals surface area contributed by atoms with E-state index in [0.29, 0.717) is 16.1 Å². The summed E-state index contributed by atoms with van der Waals surface area (Å²) in [5, 5.41) is 4.63. The van der Waals surface area contributed by atoms with Gasteiger partial charge in [0.05, 0.1) is 23.3 Å². The Labute approximate surface area is 118 Å². The van der Waals surface area contributed by atoms with E-state index in [1.54, 1.807) is 0 Å². The van der Waals surface area contributed by atoms with E-state index in [2.05, 4.69) is 18.3 Å². The Kier molecular flexibility index (Phi) is 5.07. The van der Waals surface area contributed by atoms with E-state index < -0.39 is 0 Å². The van der Waals surface area contributed by atoms with E-state index in [1.165, 1.54) is 5.57 Å². The molecule has 0 aromatic heterocycles. The summed E-state index contributed by atoms with van der Waals surface area (Å²) in [5.41, 5.74) is 2.38. The van der Waals surface area contributed by atoms with E-state index in [0.717, 1.165) is 31.7 Å². The van der Waals surface area contributed by atoms with Crippen molar-refractivity contribution in [3.8, 4) is 0 Å². The Morgan fingerprint density at radius 3 is 2.94 bits per heavy atom. The second-order valence-corrected chi connectivity index (χ2v) is 5.41. The lowest BCUT2D eigenvalue weighted by Gasteiger charge is -2.24. The van der Waals surface area contributed by atoms with Crippen molar-refractivity contribution < 1.29 is 4.74 Å². The van der Waals surface area contributed by atoms with E-state index in [-0.39, 0.29) is 0 Å². The van der Waals surface area contributed by atoms with Crippen LogP contribution in [0.5, 0.6) is 0 Å². The first-order valence-electron chi connectivity index (χ1n) is 6.08. The molecule has 0 spiro atoms. The van der Waals surface area contributed by atoms with Gasteiger partial charge in [0.15, 0.2) is 0 Å². The molecule has 1 fully saturated rings. The maximum absolute atomic E-state index is 6.00. The first kappa shape index (κ1) is 13.9. The molecule has 0 amide bonds. The number of morpholine rings is 1. The van der Waals surface area contributed by atoms with Gasteiger partial charge in [0, 0.05) is 12.6 Å². The number of halogens is 2. The summed E-state index contributed by atoms with van der Waals surface area (Å²) in [5.74, 6) is 0. The van der Waals surface area contributed by atoms with Crippen molar-refractivity contribution in [2.45, 2.75) is 19.4 Å². The fraction of sp³-hybridized carbons (Fsp3) is 0.429. The third-order valence-corrected chi connectivity index (χ3v) is 3.66. The summed E-state index contributed by atoms with van der Waals surface area (Å²) < 4.78 is 5.44. The van der Waals surface area contributed by atoms with Gasteiger partial charge in [-0.25, -0.2) is 0 Å². The lowest BCUT2D eigenvalue weighted by atomic mass is 10.0. The summed E-state index contributed by atoms with van der Waals surface area (Å²) in [6.45, 7) is 4.65. The molecule has 1 N–H and O–H groups in total. The number of hydrogen-bond acceptors (Lipinski definition) is 2. The molecule has 98 valence electrons. The quantitative estimate of drug-likeness (QED) is 0.913. The van der Waals surface area contributed by atoms with Gasteiger partial charge in [0.2, 0.25) is 0 Å². The molecule has 1 unspecified atom stereocenters. The molecule has 1 atom stereocenters. The molecule has 1 aromatic rings. The molecular weight excluding hydrogens is 269 g/mol. The Morgan fingerprint density at radius 1 is 1.44 bits per heavy atom. The second-order valence-electron chi connectivity index (χ2n) is 4.59. The summed E-state index contributed by atoms with van der Waals surface area (Å²) in [7, 11) is 0. The zero-order valence-electron chi connectivity index (χ0n) is 10.4. The summed E-state index contributed by atoms with van der Waals surface area (Å²) in [6.07, 6.45) is 3.12. The standard InChI is InChI=1S/C14H17Cl2NO/c1-10(7-12-9-18-5-4-17-12)6-11-2-3-13(15)14(16)8-11/h2-3,6,8,12,17H,4-5,7,9H2,1H3/b10-6-. The minimum atomic E-state index is 0.415. The van der Waals surface area contributed by atoms with Crippen LogP contribution in [-0.2, 0) is 4.74 Å². The fourth-order valence-corrected chi connectivity index (χ4v) is 2.39. The van der Waals surface area contributed by atoms with E-state index in [4.69, 9.17) is 27.9 Å². The molecule has 1 heterocycles. The monoisotopic (exact) mass is 285 g/mol. The Morgan fingerprint density at radius 2 is 2.28 bits per heavy atom. The lowest BCUT2D eigenvalue weighted by molar-refractivity contribution is 0.0771. The SMILES string of the molecule is C/C(=C/c1ccc(Cl)c(Cl)c1)CC1COCCN1. The average Bonchev–Trinajstić information content (AvgIpc) is 2.35. The molecule has 2 nitrogen and oxygen atoms in total. The number of hydrogen-bond donors (Lipinski definition) is 1. The van der Waals surface area contributed by atoms with Crippen molar-refractivity contribution in [3.05, 3.63) is 39.4 Å². The van der Waals surface area contributed by atoms with Gasteiger partial charge >= 0.3 is 0 Å². The molecule has 4 heteroatoms. The van der Waals surface area contributed by atoms with Gasteiger partial charge in [-0.05, 0) is 31.0 Å². The minimum absolute atomic E-state index is 0.415. The van der Waals surface area contributed by atoms with Crippen LogP contribution in [0, 0.1) is 0 Å². The smallest absolute Gasteiger partial charge is 0.0623 e. The van der Waals surface area contributed by atoms with Crippen molar-refractivity contribution in [3.63, 3.8) is 0 Å². The predicted octanol–water partition coefficient (Wildman–Crippen LogP) is 3.78. The molecule has 2 rings (SSSR count). The van der Waals surface area contributed by atoms with Crippen LogP contribution in [-0.4, -0.2) is 25.8 Å². The van der Waals surface area contributed by atoms with Crippen molar-refractivity contribution in [1.29, 1.82) is 0 Å². The predicted molar refractivity (Wildman–Crippen MR) is 77.3 cm³/mol. The van der Waals surface area contributed by atoms with Gasteiger partial charge in [-0.15, -0.1) is 0 Å². The number of ether oxygens (including phenoxy) is 1. The van der Waals surface area contributed by atoms with Crippen LogP contribution in [0.4, 0.5) is 0 Å². The van der Waals surface area contributed by atoms with Gasteiger partial charge in [0.1, 0.15) is 0 Å². The number of nitrogens with one attached hydrogen (secondary N) is 1. The van der Waals surface area contributed by atoms with Crippen LogP contribution in [0.15, 0.2) is 23.8 Å². The highest BCUT2D eigenvalue weighted by atomic mass is 35.5. The van der Waals surface area contributed by atoms with Gasteiger partial charge in [-0.1, -0.05) is 40.9 Å². The fourth-order valence-electron chi connectivity index (χ4n) is 2.09. The maximum atomic E-state index is 6.00. The summed E-state index contributed by atoms with van der Waals surface area (Å²) in [4.78, 5) is 0. The topological polar surface area (TPSA) is 21.3 Å². The molecule has 1 aromatic carbocycles. The zero-order chi connectivity index (χ0) is 13.0. The molecule has 0 saturated carbocycles. The molecule has 18 heavy (non-hydrogen) atoms. The maximum Gasteiger partial charge on any atom is 0.0623 e. The summed E-state index contributed by atoms with van der Waals surface area (Å²) in [6, 6.07) is 6.10. The highest BCUT2D eigenvalue weighted by Gasteiger charge is 2.12. The highest BCUT2D eigenvalue weighted by Crippen LogP contribution is 2.24. The van der Waals surface area contributed by atoms with E-state index >= 15 is 0 Å². The second kappa shape index (κ2) is 6.58. The molecule has 1 aliphatic rings. The molecule has 0 radical (unpaired) electrons. The highest BCUT2D eigenvalue weighted by molar-refractivity contribution is 6.42. The Hall–Kier alpha value is -0.540. The van der Waals surface area contributed by atoms with Crippen molar-refractivity contribution in [2.75, 3.05) is 19.8 Å². The van der Waals surface area contributed by atoms with Gasteiger partial charge in [-0.2, -0.15) is 0 Å². The first-order valence-corrected chi connectivity index (χ1v) is 6.84. The molecule has 0 aliphatic carbocycles. The Bertz CT molecular complexity index is 439. The van der Waals surface area contributed by atoms with E-state index in [1.807, 2.05) is 18.2 Å². The zero-order valence-corrected chi connectivity index (χ0v) is 11.9. The summed E-state index contributed by atoms with van der Waals surface area (Å²) >= 11 is 11.9. The first-order chi connectivity index (χ1) is 8.65. The van der Waals surface area contributed by atoms with Gasteiger partial charge in [0.25, 0.3) is 0 Å². The minimum Gasteiger partial charge on any atom is -0.379 e. The van der Waals surface area contributed by atoms with Gasteiger partial charge < -0.3 is 10.1 Å². The Balaban J connectivity index is 2.00. The number of rotatable bonds is 3. The van der Waals surface area contributed by atoms with Crippen molar-refractivity contribution in [1.82, 2.24) is 5.32 Å². The average molecular weight is 286 g/mol. The number of benzene rings is 1. The van der Waals surface area contributed by atoms with Crippen molar-refractivity contribution >= 4 is 29.3 Å². The third-order valence-electron chi connectivity index (χ3n) is 2.92. The molecule has 1 aliphatic heterocycles. The van der Waals surface area contributed by atoms with Gasteiger partial charge in [-0.3, -0.25) is 0 Å². The largest absolute Gasteiger partial charge is 0.379 e. The van der Waals surface area contributed by atoms with Crippen LogP contribution < -0.4 is 5.32 Å². The molecular formula is C14H17Cl2NO. The van der Waals surface area contributed by atoms with E-state index in [9.17, 15) is 0 Å². The lowest BCUT2D eigenvalue weighted by Crippen LogP contribution is -2.41.